The Morgan fingerprint density at radius 1 is 1.55 bits per heavy atom. The van der Waals surface area contributed by atoms with Crippen LogP contribution in [0.1, 0.15) is 27.2 Å². The highest BCUT2D eigenvalue weighted by atomic mass is 35.5. The van der Waals surface area contributed by atoms with Crippen molar-refractivity contribution in [2.75, 3.05) is 6.54 Å². The van der Waals surface area contributed by atoms with Gasteiger partial charge in [0.25, 0.3) is 0 Å². The first-order valence-electron chi connectivity index (χ1n) is 3.38. The Labute approximate surface area is 72.5 Å². The molecule has 0 aromatic rings. The van der Waals surface area contributed by atoms with Crippen LogP contribution in [0.5, 0.6) is 0 Å². The van der Waals surface area contributed by atoms with Gasteiger partial charge in [-0.3, -0.25) is 4.79 Å². The van der Waals surface area contributed by atoms with Crippen LogP contribution < -0.4 is 5.73 Å². The zero-order valence-corrected chi connectivity index (χ0v) is 7.98. The predicted molar refractivity (Wildman–Crippen MR) is 46.9 cm³/mol. The van der Waals surface area contributed by atoms with Gasteiger partial charge >= 0.3 is 5.97 Å². The number of hydrogen-bond acceptors (Lipinski definition) is 2. The molecule has 0 fully saturated rings. The average molecular weight is 182 g/mol. The zero-order valence-electron chi connectivity index (χ0n) is 7.22. The molecular weight excluding hydrogens is 166 g/mol. The number of alkyl halides is 1. The average Bonchev–Trinajstić information content (AvgIpc) is 1.58. The minimum Gasteiger partial charge on any atom is -0.481 e. The van der Waals surface area contributed by atoms with Crippen LogP contribution in [0.25, 0.3) is 0 Å². The van der Waals surface area contributed by atoms with Crippen molar-refractivity contribution in [3.8, 4) is 0 Å². The molecule has 0 heterocycles. The number of aliphatic carboxylic acids is 1. The molecule has 0 bridgehead atoms. The summed E-state index contributed by atoms with van der Waals surface area (Å²) in [6.45, 7) is 6.09. The Kier molecular flexibility index (Phi) is 7.79. The van der Waals surface area contributed by atoms with E-state index in [9.17, 15) is 4.79 Å². The minimum absolute atomic E-state index is 0.0278. The van der Waals surface area contributed by atoms with Gasteiger partial charge in [-0.1, -0.05) is 0 Å². The van der Waals surface area contributed by atoms with Crippen molar-refractivity contribution in [3.63, 3.8) is 0 Å². The van der Waals surface area contributed by atoms with Gasteiger partial charge in [-0.15, -0.1) is 11.6 Å². The summed E-state index contributed by atoms with van der Waals surface area (Å²) >= 11 is 5.53. The van der Waals surface area contributed by atoms with E-state index in [4.69, 9.17) is 22.4 Å². The predicted octanol–water partition coefficient (Wildman–Crippen LogP) is 1.44. The van der Waals surface area contributed by atoms with E-state index < -0.39 is 5.97 Å². The maximum absolute atomic E-state index is 9.52. The fraction of sp³-hybridized carbons (Fsp3) is 0.857. The third-order valence-electron chi connectivity index (χ3n) is 0.358. The lowest BCUT2D eigenvalue weighted by Crippen LogP contribution is -2.05. The van der Waals surface area contributed by atoms with Crippen LogP contribution in [-0.2, 0) is 4.79 Å². The van der Waals surface area contributed by atoms with E-state index >= 15 is 0 Å². The molecule has 3 N–H and O–H groups in total. The first kappa shape index (κ1) is 13.3. The lowest BCUT2D eigenvalue weighted by atomic mass is 10.3. The summed E-state index contributed by atoms with van der Waals surface area (Å²) in [6.07, 6.45) is 0.0694. The summed E-state index contributed by atoms with van der Waals surface area (Å²) in [5, 5.41) is 7.83. The molecule has 0 aliphatic heterocycles. The molecule has 0 amide bonds. The van der Waals surface area contributed by atoms with Crippen LogP contribution in [0.15, 0.2) is 0 Å². The zero-order chi connectivity index (χ0) is 9.49. The van der Waals surface area contributed by atoms with Gasteiger partial charge in [-0.2, -0.15) is 0 Å². The van der Waals surface area contributed by atoms with Gasteiger partial charge in [0.2, 0.25) is 0 Å². The fourth-order valence-electron chi connectivity index (χ4n) is 0.123. The van der Waals surface area contributed by atoms with Gasteiger partial charge in [-0.05, 0) is 20.8 Å². The summed E-state index contributed by atoms with van der Waals surface area (Å²) in [4.78, 5) is 9.49. The maximum atomic E-state index is 9.52. The molecule has 0 aliphatic carbocycles. The molecule has 0 spiro atoms. The third-order valence-corrected chi connectivity index (χ3v) is 0.358. The first-order valence-corrected chi connectivity index (χ1v) is 3.76. The van der Waals surface area contributed by atoms with E-state index in [2.05, 4.69) is 0 Å². The summed E-state index contributed by atoms with van der Waals surface area (Å²) in [5.74, 6) is -0.836. The van der Waals surface area contributed by atoms with Crippen LogP contribution in [0, 0.1) is 0 Å². The molecule has 0 atom stereocenters. The van der Waals surface area contributed by atoms with E-state index in [-0.39, 0.29) is 17.8 Å². The van der Waals surface area contributed by atoms with Crippen LogP contribution in [0.4, 0.5) is 0 Å². The first-order chi connectivity index (χ1) is 4.77. The number of rotatable bonds is 2. The number of halogens is 1. The Hall–Kier alpha value is -0.280. The minimum atomic E-state index is -0.836. The Balaban J connectivity index is 0. The molecule has 0 rings (SSSR count). The molecule has 11 heavy (non-hydrogen) atoms. The van der Waals surface area contributed by atoms with Crippen LogP contribution >= 0.6 is 11.6 Å². The second-order valence-electron chi connectivity index (χ2n) is 3.00. The van der Waals surface area contributed by atoms with Crippen LogP contribution in [0.2, 0.25) is 0 Å². The highest BCUT2D eigenvalue weighted by Crippen LogP contribution is 2.07. The molecule has 0 radical (unpaired) electrons. The molecule has 0 aliphatic rings. The summed E-state index contributed by atoms with van der Waals surface area (Å²) in [6, 6.07) is 0. The molecule has 68 valence electrons. The van der Waals surface area contributed by atoms with Crippen molar-refractivity contribution in [1.82, 2.24) is 0 Å². The van der Waals surface area contributed by atoms with Crippen molar-refractivity contribution in [1.29, 1.82) is 0 Å². The number of carboxylic acid groups (broad SMARTS) is 1. The molecule has 0 aromatic heterocycles. The normalized spacial score (nSPS) is 9.91. The molecule has 4 heteroatoms. The van der Waals surface area contributed by atoms with Gasteiger partial charge < -0.3 is 10.8 Å². The number of hydrogen-bond donors (Lipinski definition) is 2. The van der Waals surface area contributed by atoms with E-state index in [1.807, 2.05) is 20.8 Å². The molecule has 3 nitrogen and oxygen atoms in total. The van der Waals surface area contributed by atoms with Crippen molar-refractivity contribution < 1.29 is 9.90 Å². The SMILES string of the molecule is CC(C)(C)Cl.NCCC(=O)O. The Morgan fingerprint density at radius 2 is 1.82 bits per heavy atom. The molecule has 0 saturated carbocycles. The number of carbonyl (C=O) groups is 1. The highest BCUT2D eigenvalue weighted by Gasteiger charge is 1.99. The monoisotopic (exact) mass is 181 g/mol. The summed E-state index contributed by atoms with van der Waals surface area (Å²) < 4.78 is 0. The lowest BCUT2D eigenvalue weighted by molar-refractivity contribution is -0.136. The van der Waals surface area contributed by atoms with Gasteiger partial charge in [0.05, 0.1) is 6.42 Å². The molecule has 0 aromatic carbocycles. The number of carboxylic acids is 1. The van der Waals surface area contributed by atoms with Gasteiger partial charge in [0.15, 0.2) is 0 Å². The molecule has 0 saturated heterocycles. The summed E-state index contributed by atoms with van der Waals surface area (Å²) in [7, 11) is 0. The smallest absolute Gasteiger partial charge is 0.304 e. The topological polar surface area (TPSA) is 63.3 Å². The fourth-order valence-corrected chi connectivity index (χ4v) is 0.123. The largest absolute Gasteiger partial charge is 0.481 e. The highest BCUT2D eigenvalue weighted by molar-refractivity contribution is 6.23. The Morgan fingerprint density at radius 3 is 1.82 bits per heavy atom. The van der Waals surface area contributed by atoms with Crippen molar-refractivity contribution in [3.05, 3.63) is 0 Å². The maximum Gasteiger partial charge on any atom is 0.304 e. The Bertz CT molecular complexity index is 103. The summed E-state index contributed by atoms with van der Waals surface area (Å²) in [5.41, 5.74) is 4.85. The van der Waals surface area contributed by atoms with Crippen molar-refractivity contribution in [2.24, 2.45) is 5.73 Å². The standard InChI is InChI=1S/C4H9Cl.C3H7NO2/c1-4(2,3)5;4-2-1-3(5)6/h1-3H3;1-2,4H2,(H,5,6). The van der Waals surface area contributed by atoms with Gasteiger partial charge in [-0.25, -0.2) is 0 Å². The van der Waals surface area contributed by atoms with Crippen LogP contribution in [0.3, 0.4) is 0 Å². The van der Waals surface area contributed by atoms with Crippen molar-refractivity contribution >= 4 is 17.6 Å². The van der Waals surface area contributed by atoms with Gasteiger partial charge in [0.1, 0.15) is 0 Å². The van der Waals surface area contributed by atoms with Gasteiger partial charge in [0, 0.05) is 11.4 Å². The second-order valence-corrected chi connectivity index (χ2v) is 4.13. The van der Waals surface area contributed by atoms with Crippen LogP contribution in [-0.4, -0.2) is 22.5 Å². The van der Waals surface area contributed by atoms with Crippen molar-refractivity contribution in [2.45, 2.75) is 32.1 Å². The van der Waals surface area contributed by atoms with E-state index in [0.717, 1.165) is 0 Å². The van der Waals surface area contributed by atoms with E-state index in [1.165, 1.54) is 0 Å². The van der Waals surface area contributed by atoms with E-state index in [0.29, 0.717) is 0 Å². The second kappa shape index (κ2) is 6.43. The molecule has 0 unspecified atom stereocenters. The van der Waals surface area contributed by atoms with E-state index in [1.54, 1.807) is 0 Å². The third kappa shape index (κ3) is 78.3. The quantitative estimate of drug-likeness (QED) is 0.634. The lowest BCUT2D eigenvalue weighted by Gasteiger charge is -2.01. The number of nitrogens with two attached hydrogens (primary N) is 1. The molecular formula is C7H16ClNO2.